The van der Waals surface area contributed by atoms with Crippen LogP contribution >= 0.6 is 12.4 Å². The fourth-order valence-corrected chi connectivity index (χ4v) is 2.20. The van der Waals surface area contributed by atoms with E-state index >= 15 is 0 Å². The minimum Gasteiger partial charge on any atom is -0.351 e. The van der Waals surface area contributed by atoms with Gasteiger partial charge in [-0.25, -0.2) is 0 Å². The molecule has 0 bridgehead atoms. The number of nitrogens with two attached hydrogens (primary N) is 1. The fraction of sp³-hybridized carbons (Fsp3) is 0.900. The number of piperidine rings is 1. The Morgan fingerprint density at radius 1 is 1.40 bits per heavy atom. The minimum absolute atomic E-state index is 0. The van der Waals surface area contributed by atoms with Crippen LogP contribution in [0.2, 0.25) is 0 Å². The second kappa shape index (κ2) is 4.68. The van der Waals surface area contributed by atoms with Crippen LogP contribution in [0.4, 0.5) is 0 Å². The summed E-state index contributed by atoms with van der Waals surface area (Å²) in [5.74, 6) is 1.56. The average Bonchev–Trinajstić information content (AvgIpc) is 2.63. The van der Waals surface area contributed by atoms with Crippen LogP contribution in [0, 0.1) is 17.8 Å². The van der Waals surface area contributed by atoms with Crippen molar-refractivity contribution in [3.8, 4) is 0 Å². The molecule has 0 aromatic carbocycles. The van der Waals surface area contributed by atoms with Gasteiger partial charge in [0.25, 0.3) is 0 Å². The third kappa shape index (κ3) is 2.44. The van der Waals surface area contributed by atoms with E-state index in [0.29, 0.717) is 17.9 Å². The van der Waals surface area contributed by atoms with E-state index in [9.17, 15) is 4.79 Å². The Morgan fingerprint density at radius 3 is 2.40 bits per heavy atom. The highest BCUT2D eigenvalue weighted by atomic mass is 35.5. The van der Waals surface area contributed by atoms with E-state index in [1.54, 1.807) is 0 Å². The van der Waals surface area contributed by atoms with Crippen LogP contribution in [0.3, 0.4) is 0 Å². The van der Waals surface area contributed by atoms with Gasteiger partial charge >= 0.3 is 0 Å². The number of rotatable bonds is 3. The Labute approximate surface area is 96.8 Å². The van der Waals surface area contributed by atoms with Gasteiger partial charge in [-0.3, -0.25) is 4.79 Å². The molecule has 1 aliphatic heterocycles. The first-order valence-corrected chi connectivity index (χ1v) is 5.38. The monoisotopic (exact) mass is 233 g/mol. The number of carbonyl (C=O) groups is 1. The highest BCUT2D eigenvalue weighted by molar-refractivity contribution is 5.85. The molecule has 2 fully saturated rings. The van der Waals surface area contributed by atoms with E-state index in [0.717, 1.165) is 13.1 Å². The first-order valence-electron chi connectivity index (χ1n) is 5.38. The Kier molecular flexibility index (Phi) is 3.98. The largest absolute Gasteiger partial charge is 0.351 e. The van der Waals surface area contributed by atoms with Gasteiger partial charge in [0.2, 0.25) is 5.91 Å². The van der Waals surface area contributed by atoms with Crippen molar-refractivity contribution in [2.75, 3.05) is 13.1 Å². The molecule has 1 amide bonds. The summed E-state index contributed by atoms with van der Waals surface area (Å²) in [5.41, 5.74) is 5.76. The van der Waals surface area contributed by atoms with E-state index in [-0.39, 0.29) is 30.3 Å². The van der Waals surface area contributed by atoms with E-state index < -0.39 is 0 Å². The molecule has 3 atom stereocenters. The van der Waals surface area contributed by atoms with Crippen molar-refractivity contribution < 1.29 is 4.79 Å². The van der Waals surface area contributed by atoms with Gasteiger partial charge in [0.1, 0.15) is 0 Å². The summed E-state index contributed by atoms with van der Waals surface area (Å²) >= 11 is 0. The molecule has 4 nitrogen and oxygen atoms in total. The molecule has 1 saturated heterocycles. The number of nitrogens with one attached hydrogen (secondary N) is 2. The molecule has 1 aliphatic carbocycles. The number of halogens is 1. The Balaban J connectivity index is 0.00000112. The van der Waals surface area contributed by atoms with Gasteiger partial charge in [0, 0.05) is 19.1 Å². The van der Waals surface area contributed by atoms with Crippen molar-refractivity contribution in [3.63, 3.8) is 0 Å². The van der Waals surface area contributed by atoms with Gasteiger partial charge in [-0.1, -0.05) is 13.8 Å². The lowest BCUT2D eigenvalue weighted by Gasteiger charge is -2.16. The molecule has 4 N–H and O–H groups in total. The summed E-state index contributed by atoms with van der Waals surface area (Å²) < 4.78 is 0. The molecule has 0 aromatic heterocycles. The Hall–Kier alpha value is -0.320. The van der Waals surface area contributed by atoms with Crippen molar-refractivity contribution in [1.82, 2.24) is 10.6 Å². The second-order valence-electron chi connectivity index (χ2n) is 4.79. The third-order valence-corrected chi connectivity index (χ3v) is 3.42. The predicted octanol–water partition coefficient (Wildman–Crippen LogP) is -0.274. The van der Waals surface area contributed by atoms with Crippen molar-refractivity contribution in [3.05, 3.63) is 0 Å². The predicted molar refractivity (Wildman–Crippen MR) is 61.8 cm³/mol. The molecular weight excluding hydrogens is 214 g/mol. The highest BCUT2D eigenvalue weighted by Crippen LogP contribution is 2.41. The molecule has 0 spiro atoms. The molecule has 0 radical (unpaired) electrons. The van der Waals surface area contributed by atoms with Crippen LogP contribution < -0.4 is 16.4 Å². The maximum atomic E-state index is 11.6. The summed E-state index contributed by atoms with van der Waals surface area (Å²) in [4.78, 5) is 11.6. The summed E-state index contributed by atoms with van der Waals surface area (Å²) in [7, 11) is 0. The number of hydrogen-bond donors (Lipinski definition) is 3. The van der Waals surface area contributed by atoms with Crippen molar-refractivity contribution >= 4 is 18.3 Å². The van der Waals surface area contributed by atoms with Gasteiger partial charge in [-0.2, -0.15) is 0 Å². The van der Waals surface area contributed by atoms with Crippen molar-refractivity contribution in [1.29, 1.82) is 0 Å². The van der Waals surface area contributed by atoms with Gasteiger partial charge in [0.15, 0.2) is 0 Å². The van der Waals surface area contributed by atoms with Gasteiger partial charge in [0.05, 0.1) is 6.04 Å². The van der Waals surface area contributed by atoms with E-state index in [1.165, 1.54) is 0 Å². The molecule has 0 aromatic rings. The van der Waals surface area contributed by atoms with E-state index in [1.807, 2.05) is 13.8 Å². The first kappa shape index (κ1) is 12.7. The summed E-state index contributed by atoms with van der Waals surface area (Å²) in [5, 5.41) is 6.33. The quantitative estimate of drug-likeness (QED) is 0.629. The topological polar surface area (TPSA) is 67.2 Å². The van der Waals surface area contributed by atoms with Crippen molar-refractivity contribution in [2.45, 2.75) is 25.9 Å². The number of amides is 1. The Morgan fingerprint density at radius 2 is 1.93 bits per heavy atom. The van der Waals surface area contributed by atoms with Crippen molar-refractivity contribution in [2.24, 2.45) is 23.5 Å². The highest BCUT2D eigenvalue weighted by Gasteiger charge is 2.53. The molecule has 3 unspecified atom stereocenters. The number of hydrogen-bond acceptors (Lipinski definition) is 3. The summed E-state index contributed by atoms with van der Waals surface area (Å²) in [6.45, 7) is 6.04. The van der Waals surface area contributed by atoms with E-state index in [4.69, 9.17) is 5.73 Å². The van der Waals surface area contributed by atoms with E-state index in [2.05, 4.69) is 10.6 Å². The van der Waals surface area contributed by atoms with Gasteiger partial charge < -0.3 is 16.4 Å². The summed E-state index contributed by atoms with van der Waals surface area (Å²) in [6, 6.07) is 0.0397. The molecule has 1 saturated carbocycles. The molecule has 1 heterocycles. The normalized spacial score (nSPS) is 34.3. The minimum atomic E-state index is -0.357. The lowest BCUT2D eigenvalue weighted by molar-refractivity contribution is -0.123. The maximum Gasteiger partial charge on any atom is 0.237 e. The maximum absolute atomic E-state index is 11.6. The molecule has 2 aliphatic rings. The average molecular weight is 234 g/mol. The smallest absolute Gasteiger partial charge is 0.237 e. The number of fused-ring (bicyclic) bond motifs is 1. The number of carbonyl (C=O) groups excluding carboxylic acids is 1. The van der Waals surface area contributed by atoms with Crippen LogP contribution in [-0.2, 0) is 4.79 Å². The second-order valence-corrected chi connectivity index (χ2v) is 4.79. The molecule has 88 valence electrons. The SMILES string of the molecule is CC(C)C(N)C(=O)NC1C2CNCC21.Cl. The van der Waals surface area contributed by atoms with Gasteiger partial charge in [-0.15, -0.1) is 12.4 Å². The van der Waals surface area contributed by atoms with Crippen LogP contribution in [0.1, 0.15) is 13.8 Å². The molecule has 5 heteroatoms. The Bertz CT molecular complexity index is 237. The van der Waals surface area contributed by atoms with Crippen LogP contribution in [0.25, 0.3) is 0 Å². The zero-order chi connectivity index (χ0) is 10.3. The third-order valence-electron chi connectivity index (χ3n) is 3.42. The lowest BCUT2D eigenvalue weighted by Crippen LogP contribution is -2.46. The van der Waals surface area contributed by atoms with Gasteiger partial charge in [-0.05, 0) is 17.8 Å². The molecule has 2 rings (SSSR count). The summed E-state index contributed by atoms with van der Waals surface area (Å²) in [6.07, 6.45) is 0. The zero-order valence-electron chi connectivity index (χ0n) is 9.19. The lowest BCUT2D eigenvalue weighted by atomic mass is 10.1. The first-order chi connectivity index (χ1) is 6.61. The van der Waals surface area contributed by atoms with Crippen LogP contribution in [0.5, 0.6) is 0 Å². The van der Waals surface area contributed by atoms with Crippen LogP contribution in [0.15, 0.2) is 0 Å². The standard InChI is InChI=1S/C10H19N3O.ClH/c1-5(2)8(11)10(14)13-9-6-3-12-4-7(6)9;/h5-9,12H,3-4,11H2,1-2H3,(H,13,14);1H. The van der Waals surface area contributed by atoms with Crippen LogP contribution in [-0.4, -0.2) is 31.1 Å². The zero-order valence-corrected chi connectivity index (χ0v) is 10.0. The fourth-order valence-electron chi connectivity index (χ4n) is 2.20. The molecular formula is C10H20ClN3O. The molecule has 15 heavy (non-hydrogen) atoms.